The van der Waals surface area contributed by atoms with E-state index in [1.54, 1.807) is 25.2 Å². The Bertz CT molecular complexity index is 942. The number of phenolic OH excluding ortho intramolecular Hbond substituents is 2. The Hall–Kier alpha value is -3.01. The number of nitrogens with two attached hydrogens (primary N) is 1. The maximum atomic E-state index is 12.8. The molecule has 30 heavy (non-hydrogen) atoms. The lowest BCUT2D eigenvalue weighted by atomic mass is 10.0. The average molecular weight is 437 g/mol. The van der Waals surface area contributed by atoms with Crippen molar-refractivity contribution in [3.8, 4) is 11.5 Å². The number of rotatable bonds is 4. The van der Waals surface area contributed by atoms with Crippen LogP contribution >= 0.6 is 11.6 Å². The van der Waals surface area contributed by atoms with E-state index in [9.17, 15) is 19.8 Å². The zero-order valence-electron chi connectivity index (χ0n) is 16.0. The van der Waals surface area contributed by atoms with E-state index in [2.05, 4.69) is 5.48 Å². The summed E-state index contributed by atoms with van der Waals surface area (Å²) in [7, 11) is 0. The number of epoxide rings is 1. The summed E-state index contributed by atoms with van der Waals surface area (Å²) in [4.78, 5) is 28.7. The lowest BCUT2D eigenvalue weighted by Crippen LogP contribution is -2.24. The van der Waals surface area contributed by atoms with Gasteiger partial charge >= 0.3 is 5.97 Å². The number of hydroxylamine groups is 1. The number of ether oxygens (including phenoxy) is 2. The summed E-state index contributed by atoms with van der Waals surface area (Å²) in [6, 6.07) is 0.958. The summed E-state index contributed by atoms with van der Waals surface area (Å²) in [5.74, 6) is -2.45. The fourth-order valence-corrected chi connectivity index (χ4v) is 3.13. The van der Waals surface area contributed by atoms with Crippen molar-refractivity contribution < 1.29 is 34.1 Å². The Morgan fingerprint density at radius 1 is 1.37 bits per heavy atom. The minimum atomic E-state index is -0.820. The number of benzene rings is 1. The summed E-state index contributed by atoms with van der Waals surface area (Å²) >= 11 is 6.20. The number of hydrogen-bond acceptors (Lipinski definition) is 8. The molecule has 2 heterocycles. The first-order valence-corrected chi connectivity index (χ1v) is 9.47. The van der Waals surface area contributed by atoms with Crippen molar-refractivity contribution in [3.63, 3.8) is 0 Å². The monoisotopic (exact) mass is 436 g/mol. The molecule has 0 spiro atoms. The van der Waals surface area contributed by atoms with Crippen LogP contribution in [0.15, 0.2) is 36.1 Å². The van der Waals surface area contributed by atoms with Crippen LogP contribution in [0.1, 0.15) is 29.3 Å². The van der Waals surface area contributed by atoms with Gasteiger partial charge < -0.3 is 25.4 Å². The van der Waals surface area contributed by atoms with Crippen molar-refractivity contribution in [2.45, 2.75) is 31.7 Å². The molecule has 1 aromatic rings. The van der Waals surface area contributed by atoms with E-state index in [4.69, 9.17) is 31.6 Å². The number of aromatic hydroxyl groups is 2. The van der Waals surface area contributed by atoms with Gasteiger partial charge in [-0.25, -0.2) is 4.79 Å². The fraction of sp³-hybridized carbons (Fsp3) is 0.300. The van der Waals surface area contributed by atoms with E-state index < -0.39 is 36.1 Å². The Morgan fingerprint density at radius 3 is 2.87 bits per heavy atom. The highest BCUT2D eigenvalue weighted by atomic mass is 35.5. The summed E-state index contributed by atoms with van der Waals surface area (Å²) in [6.45, 7) is 1.30. The van der Waals surface area contributed by atoms with Crippen molar-refractivity contribution >= 4 is 29.6 Å². The van der Waals surface area contributed by atoms with E-state index in [0.29, 0.717) is 6.42 Å². The largest absolute Gasteiger partial charge is 0.507 e. The van der Waals surface area contributed by atoms with Gasteiger partial charge in [0.05, 0.1) is 16.8 Å². The van der Waals surface area contributed by atoms with Crippen LogP contribution in [-0.2, 0) is 19.1 Å². The number of hydrogen-bond donors (Lipinski definition) is 4. The molecule has 0 bridgehead atoms. The molecule has 1 saturated heterocycles. The Kier molecular flexibility index (Phi) is 6.66. The normalized spacial score (nSPS) is 23.5. The molecule has 10 heteroatoms. The minimum absolute atomic E-state index is 0.00257. The number of amides is 1. The Balaban J connectivity index is 2.05. The van der Waals surface area contributed by atoms with Gasteiger partial charge in [0.25, 0.3) is 0 Å². The fourth-order valence-electron chi connectivity index (χ4n) is 2.92. The summed E-state index contributed by atoms with van der Waals surface area (Å²) in [5.41, 5.74) is 7.60. The molecule has 2 aliphatic rings. The van der Waals surface area contributed by atoms with Crippen LogP contribution in [-0.4, -0.2) is 47.0 Å². The van der Waals surface area contributed by atoms with Crippen molar-refractivity contribution in [2.75, 3.05) is 6.61 Å². The third kappa shape index (κ3) is 5.32. The van der Waals surface area contributed by atoms with Gasteiger partial charge in [0.2, 0.25) is 5.91 Å². The summed E-state index contributed by atoms with van der Waals surface area (Å²) in [6.07, 6.45) is 8.04. The molecular weight excluding hydrogens is 416 g/mol. The van der Waals surface area contributed by atoms with Crippen LogP contribution in [0.3, 0.4) is 0 Å². The number of phenols is 2. The maximum Gasteiger partial charge on any atom is 0.342 e. The second kappa shape index (κ2) is 9.21. The van der Waals surface area contributed by atoms with E-state index in [1.165, 1.54) is 6.08 Å². The molecule has 9 nitrogen and oxygen atoms in total. The highest BCUT2D eigenvalue weighted by Crippen LogP contribution is 2.38. The Morgan fingerprint density at radius 2 is 2.13 bits per heavy atom. The topological polar surface area (TPSA) is 144 Å². The standard InChI is InChI=1S/C20H21ClN2O7/c1-10-6-16-15(30-16)5-3-2-4-11(23-28-9-17(22)26)7-12-18(20(27)29-10)13(24)8-14(25)19(12)21/h2-5,7-8,10,15-16,23-25H,6,9H2,1H3,(H2,22,26)/t10-,15-,16-/m1/s1. The molecule has 0 saturated carbocycles. The molecule has 3 rings (SSSR count). The van der Waals surface area contributed by atoms with Gasteiger partial charge in [-0.15, -0.1) is 0 Å². The molecule has 3 atom stereocenters. The van der Waals surface area contributed by atoms with Crippen molar-refractivity contribution in [2.24, 2.45) is 5.73 Å². The van der Waals surface area contributed by atoms with Gasteiger partial charge in [-0.05, 0) is 19.1 Å². The molecule has 0 radical (unpaired) electrons. The first kappa shape index (κ1) is 21.7. The van der Waals surface area contributed by atoms with E-state index >= 15 is 0 Å². The summed E-state index contributed by atoms with van der Waals surface area (Å²) in [5, 5.41) is 20.1. The SMILES string of the molecule is C[C@@H]1C[C@H]2O[C@@H]2C=CC=CC(NOCC(N)=O)=Cc2c(Cl)c(O)cc(O)c2C(=O)O1. The number of cyclic esters (lactones) is 1. The first-order chi connectivity index (χ1) is 14.3. The lowest BCUT2D eigenvalue weighted by molar-refractivity contribution is -0.124. The number of primary amides is 1. The molecule has 5 N–H and O–H groups in total. The zero-order valence-corrected chi connectivity index (χ0v) is 16.8. The smallest absolute Gasteiger partial charge is 0.342 e. The van der Waals surface area contributed by atoms with Crippen LogP contribution < -0.4 is 11.2 Å². The van der Waals surface area contributed by atoms with Gasteiger partial charge in [-0.3, -0.25) is 15.1 Å². The van der Waals surface area contributed by atoms with Gasteiger partial charge in [-0.1, -0.05) is 29.8 Å². The zero-order chi connectivity index (χ0) is 21.8. The van der Waals surface area contributed by atoms with Gasteiger partial charge in [0.1, 0.15) is 29.3 Å². The second-order valence-corrected chi connectivity index (χ2v) is 7.19. The Labute approximate surface area is 177 Å². The molecule has 160 valence electrons. The third-order valence-electron chi connectivity index (χ3n) is 4.35. The highest BCUT2D eigenvalue weighted by Gasteiger charge is 2.38. The van der Waals surface area contributed by atoms with Gasteiger partial charge in [0.15, 0.2) is 6.61 Å². The van der Waals surface area contributed by atoms with Crippen LogP contribution in [0.25, 0.3) is 6.08 Å². The van der Waals surface area contributed by atoms with Crippen molar-refractivity contribution in [1.29, 1.82) is 0 Å². The molecule has 0 unspecified atom stereocenters. The average Bonchev–Trinajstić information content (AvgIpc) is 3.38. The minimum Gasteiger partial charge on any atom is -0.507 e. The quantitative estimate of drug-likeness (QED) is 0.318. The molecular formula is C20H21ClN2O7. The number of fused-ring (bicyclic) bond motifs is 2. The highest BCUT2D eigenvalue weighted by molar-refractivity contribution is 6.34. The van der Waals surface area contributed by atoms with E-state index in [-0.39, 0.29) is 34.1 Å². The molecule has 0 aliphatic carbocycles. The first-order valence-electron chi connectivity index (χ1n) is 9.09. The maximum absolute atomic E-state index is 12.8. The number of carbonyl (C=O) groups excluding carboxylic acids is 2. The number of esters is 1. The van der Waals surface area contributed by atoms with Crippen LogP contribution in [0.5, 0.6) is 11.5 Å². The number of halogens is 1. The van der Waals surface area contributed by atoms with Crippen molar-refractivity contribution in [1.82, 2.24) is 5.48 Å². The number of nitrogens with one attached hydrogen (secondary N) is 1. The van der Waals surface area contributed by atoms with Gasteiger partial charge in [0, 0.05) is 18.1 Å². The molecule has 1 aromatic carbocycles. The van der Waals surface area contributed by atoms with E-state index in [1.807, 2.05) is 6.08 Å². The van der Waals surface area contributed by atoms with Crippen LogP contribution in [0.2, 0.25) is 5.02 Å². The summed E-state index contributed by atoms with van der Waals surface area (Å²) < 4.78 is 11.0. The predicted molar refractivity (Wildman–Crippen MR) is 107 cm³/mol. The molecule has 2 aliphatic heterocycles. The predicted octanol–water partition coefficient (Wildman–Crippen LogP) is 1.93. The van der Waals surface area contributed by atoms with Crippen LogP contribution in [0.4, 0.5) is 0 Å². The van der Waals surface area contributed by atoms with E-state index in [0.717, 1.165) is 6.07 Å². The second-order valence-electron chi connectivity index (χ2n) is 6.81. The molecule has 0 aromatic heterocycles. The molecule has 1 fully saturated rings. The van der Waals surface area contributed by atoms with Gasteiger partial charge in [-0.2, -0.15) is 0 Å². The van der Waals surface area contributed by atoms with Crippen LogP contribution in [0, 0.1) is 0 Å². The molecule has 1 amide bonds. The number of carbonyl (C=O) groups is 2. The lowest BCUT2D eigenvalue weighted by Gasteiger charge is -2.16. The number of allylic oxidation sites excluding steroid dienone is 3. The van der Waals surface area contributed by atoms with Crippen molar-refractivity contribution in [3.05, 3.63) is 52.2 Å². The third-order valence-corrected chi connectivity index (χ3v) is 4.75.